The van der Waals surface area contributed by atoms with E-state index in [-0.39, 0.29) is 11.5 Å². The van der Waals surface area contributed by atoms with Crippen molar-refractivity contribution in [1.29, 1.82) is 5.26 Å². The van der Waals surface area contributed by atoms with Crippen molar-refractivity contribution in [3.63, 3.8) is 0 Å². The van der Waals surface area contributed by atoms with Gasteiger partial charge in [0.1, 0.15) is 11.8 Å². The lowest BCUT2D eigenvalue weighted by Gasteiger charge is -1.88. The summed E-state index contributed by atoms with van der Waals surface area (Å²) in [5.74, 6) is -0.100. The number of aromatic amines is 1. The smallest absolute Gasteiger partial charge is 0.177 e. The third kappa shape index (κ3) is 1.13. The van der Waals surface area contributed by atoms with E-state index in [9.17, 15) is 4.79 Å². The average molecular weight is 149 g/mol. The molecule has 1 rings (SSSR count). The van der Waals surface area contributed by atoms with E-state index in [0.717, 1.165) is 0 Å². The molecule has 0 bridgehead atoms. The molecule has 4 nitrogen and oxygen atoms in total. The molecule has 0 atom stereocenters. The number of ketones is 1. The molecule has 0 saturated heterocycles. The van der Waals surface area contributed by atoms with E-state index in [1.807, 2.05) is 6.07 Å². The van der Waals surface area contributed by atoms with Crippen molar-refractivity contribution in [2.45, 2.75) is 13.8 Å². The van der Waals surface area contributed by atoms with Gasteiger partial charge in [-0.2, -0.15) is 10.4 Å². The van der Waals surface area contributed by atoms with Gasteiger partial charge in [-0.25, -0.2) is 0 Å². The number of carbonyl (C=O) groups is 1. The molecule has 0 aliphatic heterocycles. The summed E-state index contributed by atoms with van der Waals surface area (Å²) in [4.78, 5) is 10.8. The second-order valence-electron chi connectivity index (χ2n) is 2.24. The Morgan fingerprint density at radius 3 is 2.64 bits per heavy atom. The molecule has 0 aromatic carbocycles. The van der Waals surface area contributed by atoms with Gasteiger partial charge < -0.3 is 0 Å². The lowest BCUT2D eigenvalue weighted by Crippen LogP contribution is -1.94. The molecule has 1 aromatic heterocycles. The highest BCUT2D eigenvalue weighted by molar-refractivity contribution is 5.93. The molecule has 1 heterocycles. The first-order valence-corrected chi connectivity index (χ1v) is 3.12. The minimum absolute atomic E-state index is 0.100. The zero-order chi connectivity index (χ0) is 8.43. The largest absolute Gasteiger partial charge is 0.293 e. The predicted molar refractivity (Wildman–Crippen MR) is 38.0 cm³/mol. The number of nitrogens with zero attached hydrogens (tertiary/aromatic N) is 2. The van der Waals surface area contributed by atoms with Gasteiger partial charge in [0.2, 0.25) is 0 Å². The van der Waals surface area contributed by atoms with Gasteiger partial charge in [-0.3, -0.25) is 9.89 Å². The summed E-state index contributed by atoms with van der Waals surface area (Å²) >= 11 is 0. The zero-order valence-corrected chi connectivity index (χ0v) is 6.30. The zero-order valence-electron chi connectivity index (χ0n) is 6.30. The van der Waals surface area contributed by atoms with E-state index in [0.29, 0.717) is 11.3 Å². The Labute approximate surface area is 63.8 Å². The van der Waals surface area contributed by atoms with Crippen LogP contribution in [0, 0.1) is 18.3 Å². The van der Waals surface area contributed by atoms with Crippen LogP contribution in [0.15, 0.2) is 0 Å². The maximum Gasteiger partial charge on any atom is 0.177 e. The summed E-state index contributed by atoms with van der Waals surface area (Å²) in [6.45, 7) is 3.13. The van der Waals surface area contributed by atoms with Crippen molar-refractivity contribution in [3.05, 3.63) is 17.0 Å². The fourth-order valence-corrected chi connectivity index (χ4v) is 0.850. The summed E-state index contributed by atoms with van der Waals surface area (Å²) < 4.78 is 0. The minimum Gasteiger partial charge on any atom is -0.293 e. The number of aromatic nitrogens is 2. The lowest BCUT2D eigenvalue weighted by molar-refractivity contribution is 0.101. The lowest BCUT2D eigenvalue weighted by atomic mass is 10.2. The summed E-state index contributed by atoms with van der Waals surface area (Å²) in [6, 6.07) is 1.88. The summed E-state index contributed by atoms with van der Waals surface area (Å²) in [5.41, 5.74) is 1.33. The highest BCUT2D eigenvalue weighted by Crippen LogP contribution is 2.08. The Morgan fingerprint density at radius 2 is 2.36 bits per heavy atom. The molecular weight excluding hydrogens is 142 g/mol. The standard InChI is InChI=1S/C7H7N3O/c1-4-6(3-8)9-10-7(4)5(2)11/h1-2H3,(H,9,10). The van der Waals surface area contributed by atoms with Crippen molar-refractivity contribution >= 4 is 5.78 Å². The Balaban J connectivity index is 3.24. The molecule has 0 aliphatic carbocycles. The van der Waals surface area contributed by atoms with E-state index in [1.54, 1.807) is 6.92 Å². The molecular formula is C7H7N3O. The number of hydrogen-bond donors (Lipinski definition) is 1. The van der Waals surface area contributed by atoms with Gasteiger partial charge in [-0.15, -0.1) is 0 Å². The highest BCUT2D eigenvalue weighted by atomic mass is 16.1. The first-order chi connectivity index (χ1) is 5.16. The number of rotatable bonds is 1. The van der Waals surface area contributed by atoms with E-state index < -0.39 is 0 Å². The molecule has 0 fully saturated rings. The van der Waals surface area contributed by atoms with Gasteiger partial charge in [0.25, 0.3) is 0 Å². The van der Waals surface area contributed by atoms with Crippen LogP contribution in [-0.4, -0.2) is 16.0 Å². The summed E-state index contributed by atoms with van der Waals surface area (Å²) in [5, 5.41) is 14.6. The topological polar surface area (TPSA) is 69.5 Å². The van der Waals surface area contributed by atoms with Crippen LogP contribution < -0.4 is 0 Å². The second-order valence-corrected chi connectivity index (χ2v) is 2.24. The van der Waals surface area contributed by atoms with Crippen LogP contribution in [0.2, 0.25) is 0 Å². The number of hydrogen-bond acceptors (Lipinski definition) is 3. The van der Waals surface area contributed by atoms with E-state index in [2.05, 4.69) is 10.2 Å². The van der Waals surface area contributed by atoms with Gasteiger partial charge in [0.15, 0.2) is 11.5 Å². The van der Waals surface area contributed by atoms with Gasteiger partial charge in [0, 0.05) is 12.5 Å². The molecule has 0 aliphatic rings. The van der Waals surface area contributed by atoms with Gasteiger partial charge in [-0.05, 0) is 6.92 Å². The molecule has 0 spiro atoms. The quantitative estimate of drug-likeness (QED) is 0.600. The molecule has 4 heteroatoms. The predicted octanol–water partition coefficient (Wildman–Crippen LogP) is 0.792. The monoisotopic (exact) mass is 149 g/mol. The number of nitriles is 1. The third-order valence-corrected chi connectivity index (χ3v) is 1.47. The number of carbonyl (C=O) groups excluding carboxylic acids is 1. The van der Waals surface area contributed by atoms with E-state index >= 15 is 0 Å². The Kier molecular flexibility index (Phi) is 1.73. The summed E-state index contributed by atoms with van der Waals surface area (Å²) in [6.07, 6.45) is 0. The Hall–Kier alpha value is -1.63. The first kappa shape index (κ1) is 7.48. The van der Waals surface area contributed by atoms with Crippen molar-refractivity contribution in [1.82, 2.24) is 10.2 Å². The van der Waals surface area contributed by atoms with Gasteiger partial charge in [0.05, 0.1) is 0 Å². The molecule has 1 N–H and O–H groups in total. The Morgan fingerprint density at radius 1 is 1.73 bits per heavy atom. The van der Waals surface area contributed by atoms with Crippen LogP contribution in [0.1, 0.15) is 28.7 Å². The first-order valence-electron chi connectivity index (χ1n) is 3.12. The molecule has 0 radical (unpaired) electrons. The maximum absolute atomic E-state index is 10.8. The molecule has 0 amide bonds. The van der Waals surface area contributed by atoms with Crippen LogP contribution in [0.5, 0.6) is 0 Å². The van der Waals surface area contributed by atoms with Crippen LogP contribution >= 0.6 is 0 Å². The van der Waals surface area contributed by atoms with E-state index in [4.69, 9.17) is 5.26 Å². The van der Waals surface area contributed by atoms with Crippen molar-refractivity contribution in [2.75, 3.05) is 0 Å². The SMILES string of the molecule is CC(=O)c1[nH]nc(C#N)c1C. The van der Waals surface area contributed by atoms with Gasteiger partial charge >= 0.3 is 0 Å². The highest BCUT2D eigenvalue weighted by Gasteiger charge is 2.10. The van der Waals surface area contributed by atoms with E-state index in [1.165, 1.54) is 6.92 Å². The van der Waals surface area contributed by atoms with Gasteiger partial charge in [-0.1, -0.05) is 0 Å². The van der Waals surface area contributed by atoms with Crippen LogP contribution in [-0.2, 0) is 0 Å². The Bertz CT molecular complexity index is 332. The second kappa shape index (κ2) is 2.54. The van der Waals surface area contributed by atoms with Crippen molar-refractivity contribution < 1.29 is 4.79 Å². The summed E-state index contributed by atoms with van der Waals surface area (Å²) in [7, 11) is 0. The normalized spacial score (nSPS) is 9.18. The number of nitrogens with one attached hydrogen (secondary N) is 1. The van der Waals surface area contributed by atoms with Crippen LogP contribution in [0.3, 0.4) is 0 Å². The minimum atomic E-state index is -0.100. The van der Waals surface area contributed by atoms with Crippen molar-refractivity contribution in [2.24, 2.45) is 0 Å². The maximum atomic E-state index is 10.8. The average Bonchev–Trinajstić information content (AvgIpc) is 2.30. The van der Waals surface area contributed by atoms with Crippen molar-refractivity contribution in [3.8, 4) is 6.07 Å². The molecule has 0 unspecified atom stereocenters. The molecule has 1 aromatic rings. The molecule has 11 heavy (non-hydrogen) atoms. The number of H-pyrrole nitrogens is 1. The molecule has 56 valence electrons. The number of Topliss-reactive ketones (excluding diaryl/α,β-unsaturated/α-hetero) is 1. The molecule has 0 saturated carbocycles. The van der Waals surface area contributed by atoms with Crippen LogP contribution in [0.4, 0.5) is 0 Å². The fourth-order valence-electron chi connectivity index (χ4n) is 0.850. The third-order valence-electron chi connectivity index (χ3n) is 1.47. The van der Waals surface area contributed by atoms with Crippen LogP contribution in [0.25, 0.3) is 0 Å². The fraction of sp³-hybridized carbons (Fsp3) is 0.286.